The van der Waals surface area contributed by atoms with Gasteiger partial charge < -0.3 is 5.32 Å². The third kappa shape index (κ3) is 3.27. The first kappa shape index (κ1) is 12.1. The van der Waals surface area contributed by atoms with Gasteiger partial charge in [0.15, 0.2) is 0 Å². The van der Waals surface area contributed by atoms with Crippen LogP contribution in [-0.4, -0.2) is 11.7 Å². The minimum absolute atomic E-state index is 0.122. The van der Waals surface area contributed by atoms with E-state index in [1.165, 1.54) is 10.5 Å². The topological polar surface area (TPSA) is 29.1 Å². The number of thioether (sulfide) groups is 1. The number of aryl methyl sites for hydroxylation is 1. The van der Waals surface area contributed by atoms with Crippen LogP contribution in [0.1, 0.15) is 25.8 Å². The monoisotopic (exact) mass is 223 g/mol. The average molecular weight is 223 g/mol. The molecule has 15 heavy (non-hydrogen) atoms. The highest BCUT2D eigenvalue weighted by Gasteiger charge is 2.12. The van der Waals surface area contributed by atoms with Gasteiger partial charge in [-0.1, -0.05) is 19.9 Å². The Morgan fingerprint density at radius 2 is 2.07 bits per heavy atom. The zero-order valence-electron chi connectivity index (χ0n) is 9.46. The Kier molecular flexibility index (Phi) is 4.69. The lowest BCUT2D eigenvalue weighted by molar-refractivity contribution is -0.115. The third-order valence-electron chi connectivity index (χ3n) is 2.00. The Hall–Kier alpha value is -0.960. The average Bonchev–Trinajstić information content (AvgIpc) is 2.41. The molecule has 82 valence electrons. The van der Waals surface area contributed by atoms with Gasteiger partial charge in [-0.05, 0) is 24.6 Å². The van der Waals surface area contributed by atoms with Gasteiger partial charge in [0.05, 0.1) is 5.69 Å². The highest BCUT2D eigenvalue weighted by Crippen LogP contribution is 2.31. The maximum atomic E-state index is 11.2. The Morgan fingerprint density at radius 3 is 2.80 bits per heavy atom. The highest BCUT2D eigenvalue weighted by molar-refractivity contribution is 7.99. The molecule has 0 spiro atoms. The van der Waals surface area contributed by atoms with Gasteiger partial charge in [-0.15, -0.1) is 11.8 Å². The Morgan fingerprint density at radius 1 is 1.33 bits per heavy atom. The van der Waals surface area contributed by atoms with Crippen LogP contribution in [0.15, 0.2) is 23.1 Å². The van der Waals surface area contributed by atoms with Crippen LogP contribution in [0.25, 0.3) is 0 Å². The van der Waals surface area contributed by atoms with Crippen LogP contribution >= 0.6 is 11.8 Å². The second-order valence-corrected chi connectivity index (χ2v) is 4.28. The number of hydrogen-bond donors (Lipinski definition) is 1. The fraction of sp³-hybridized carbons (Fsp3) is 0.417. The molecule has 1 aliphatic heterocycles. The van der Waals surface area contributed by atoms with Gasteiger partial charge in [0.25, 0.3) is 0 Å². The van der Waals surface area contributed by atoms with Gasteiger partial charge in [-0.2, -0.15) is 0 Å². The number of hydrogen-bond acceptors (Lipinski definition) is 2. The predicted molar refractivity (Wildman–Crippen MR) is 66.5 cm³/mol. The molecule has 0 atom stereocenters. The van der Waals surface area contributed by atoms with E-state index in [1.54, 1.807) is 11.8 Å². The quantitative estimate of drug-likeness (QED) is 0.730. The molecular weight excluding hydrogens is 206 g/mol. The molecule has 0 saturated carbocycles. The minimum atomic E-state index is 0.122. The first-order valence-electron chi connectivity index (χ1n) is 5.29. The lowest BCUT2D eigenvalue weighted by atomic mass is 10.2. The molecule has 2 nitrogen and oxygen atoms in total. The van der Waals surface area contributed by atoms with Crippen molar-refractivity contribution in [1.82, 2.24) is 0 Å². The van der Waals surface area contributed by atoms with E-state index in [2.05, 4.69) is 17.4 Å². The number of benzene rings is 1. The molecule has 0 unspecified atom stereocenters. The molecule has 1 heterocycles. The summed E-state index contributed by atoms with van der Waals surface area (Å²) in [5.41, 5.74) is 2.15. The number of rotatable bonds is 0. The number of amides is 1. The van der Waals surface area contributed by atoms with Crippen molar-refractivity contribution < 1.29 is 4.79 Å². The van der Waals surface area contributed by atoms with Crippen LogP contribution < -0.4 is 5.32 Å². The minimum Gasteiger partial charge on any atom is -0.325 e. The summed E-state index contributed by atoms with van der Waals surface area (Å²) >= 11 is 1.74. The zero-order chi connectivity index (χ0) is 11.3. The van der Waals surface area contributed by atoms with Crippen molar-refractivity contribution in [3.63, 3.8) is 0 Å². The fourth-order valence-electron chi connectivity index (χ4n) is 1.33. The van der Waals surface area contributed by atoms with Gasteiger partial charge in [-0.25, -0.2) is 0 Å². The number of fused-ring (bicyclic) bond motifs is 1. The fourth-order valence-corrected chi connectivity index (χ4v) is 2.27. The maximum absolute atomic E-state index is 11.2. The molecule has 2 rings (SSSR count). The summed E-state index contributed by atoms with van der Waals surface area (Å²) in [6.07, 6.45) is 0.610. The van der Waals surface area contributed by atoms with Gasteiger partial charge in [0.2, 0.25) is 5.91 Å². The normalized spacial score (nSPS) is 14.2. The van der Waals surface area contributed by atoms with Crippen molar-refractivity contribution in [2.75, 3.05) is 11.1 Å². The molecule has 1 N–H and O–H groups in total. The summed E-state index contributed by atoms with van der Waals surface area (Å²) in [6.45, 7) is 6.03. The maximum Gasteiger partial charge on any atom is 0.225 e. The van der Waals surface area contributed by atoms with E-state index in [4.69, 9.17) is 0 Å². The smallest absolute Gasteiger partial charge is 0.225 e. The molecule has 0 saturated heterocycles. The van der Waals surface area contributed by atoms with Crippen molar-refractivity contribution in [1.29, 1.82) is 0 Å². The highest BCUT2D eigenvalue weighted by atomic mass is 32.2. The molecule has 1 aromatic carbocycles. The van der Waals surface area contributed by atoms with Crippen LogP contribution in [0.3, 0.4) is 0 Å². The molecule has 0 aromatic heterocycles. The van der Waals surface area contributed by atoms with Crippen LogP contribution in [0.4, 0.5) is 5.69 Å². The molecule has 0 fully saturated rings. The molecule has 1 aliphatic rings. The van der Waals surface area contributed by atoms with E-state index in [1.807, 2.05) is 26.8 Å². The van der Waals surface area contributed by atoms with E-state index in [-0.39, 0.29) is 5.91 Å². The number of anilines is 1. The summed E-state index contributed by atoms with van der Waals surface area (Å²) in [6, 6.07) is 6.16. The van der Waals surface area contributed by atoms with Crippen LogP contribution in [-0.2, 0) is 4.79 Å². The lowest BCUT2D eigenvalue weighted by Crippen LogP contribution is -2.10. The molecule has 0 aliphatic carbocycles. The molecule has 0 radical (unpaired) electrons. The molecular formula is C12H17NOS. The second-order valence-electron chi connectivity index (χ2n) is 3.15. The van der Waals surface area contributed by atoms with E-state index in [0.717, 1.165) is 11.4 Å². The summed E-state index contributed by atoms with van der Waals surface area (Å²) < 4.78 is 0. The SMILES string of the molecule is CC.Cc1ccc2c(c1)NC(=O)CCS2. The largest absolute Gasteiger partial charge is 0.325 e. The summed E-state index contributed by atoms with van der Waals surface area (Å²) in [5, 5.41) is 2.90. The Balaban J connectivity index is 0.000000531. The Labute approximate surface area is 95.5 Å². The first-order chi connectivity index (χ1) is 7.25. The van der Waals surface area contributed by atoms with E-state index < -0.39 is 0 Å². The van der Waals surface area contributed by atoms with Crippen LogP contribution in [0.5, 0.6) is 0 Å². The third-order valence-corrected chi connectivity index (χ3v) is 3.07. The molecule has 1 amide bonds. The predicted octanol–water partition coefficient (Wildman–Crippen LogP) is 3.46. The van der Waals surface area contributed by atoms with Crippen molar-refractivity contribution in [2.45, 2.75) is 32.1 Å². The van der Waals surface area contributed by atoms with E-state index in [9.17, 15) is 4.79 Å². The Bertz CT molecular complexity index is 349. The summed E-state index contributed by atoms with van der Waals surface area (Å²) in [4.78, 5) is 12.4. The van der Waals surface area contributed by atoms with Gasteiger partial charge in [0.1, 0.15) is 0 Å². The zero-order valence-corrected chi connectivity index (χ0v) is 10.3. The summed E-state index contributed by atoms with van der Waals surface area (Å²) in [7, 11) is 0. The van der Waals surface area contributed by atoms with Crippen molar-refractivity contribution >= 4 is 23.4 Å². The number of nitrogens with one attached hydrogen (secondary N) is 1. The lowest BCUT2D eigenvalue weighted by Gasteiger charge is -2.05. The molecule has 1 aromatic rings. The molecule has 3 heteroatoms. The summed E-state index contributed by atoms with van der Waals surface area (Å²) in [5.74, 6) is 0.999. The van der Waals surface area contributed by atoms with Crippen molar-refractivity contribution in [3.8, 4) is 0 Å². The van der Waals surface area contributed by atoms with E-state index >= 15 is 0 Å². The number of carbonyl (C=O) groups is 1. The first-order valence-corrected chi connectivity index (χ1v) is 6.27. The van der Waals surface area contributed by atoms with Gasteiger partial charge >= 0.3 is 0 Å². The van der Waals surface area contributed by atoms with Gasteiger partial charge in [-0.3, -0.25) is 4.79 Å². The second kappa shape index (κ2) is 5.81. The number of carbonyl (C=O) groups excluding carboxylic acids is 1. The van der Waals surface area contributed by atoms with Crippen LogP contribution in [0.2, 0.25) is 0 Å². The van der Waals surface area contributed by atoms with E-state index in [0.29, 0.717) is 6.42 Å². The molecule has 0 bridgehead atoms. The van der Waals surface area contributed by atoms with Crippen molar-refractivity contribution in [3.05, 3.63) is 23.8 Å². The van der Waals surface area contributed by atoms with Crippen molar-refractivity contribution in [2.24, 2.45) is 0 Å². The standard InChI is InChI=1S/C10H11NOS.C2H6/c1-7-2-3-9-8(6-7)11-10(12)4-5-13-9;1-2/h2-3,6H,4-5H2,1H3,(H,11,12);1-2H3. The van der Waals surface area contributed by atoms with Gasteiger partial charge in [0, 0.05) is 17.1 Å². The van der Waals surface area contributed by atoms with Crippen LogP contribution in [0, 0.1) is 6.92 Å².